The summed E-state index contributed by atoms with van der Waals surface area (Å²) in [6.45, 7) is 2.26. The molecule has 0 atom stereocenters. The first-order chi connectivity index (χ1) is 14.5. The van der Waals surface area contributed by atoms with Crippen molar-refractivity contribution in [2.75, 3.05) is 19.1 Å². The second-order valence-corrected chi connectivity index (χ2v) is 6.81. The van der Waals surface area contributed by atoms with Gasteiger partial charge in [0.05, 0.1) is 12.8 Å². The number of pyridine rings is 1. The lowest BCUT2D eigenvalue weighted by Crippen LogP contribution is -2.25. The van der Waals surface area contributed by atoms with E-state index in [1.807, 2.05) is 49.4 Å². The van der Waals surface area contributed by atoms with Gasteiger partial charge in [0.1, 0.15) is 5.75 Å². The van der Waals surface area contributed by atoms with Crippen molar-refractivity contribution >= 4 is 17.5 Å². The largest absolute Gasteiger partial charge is 0.495 e. The number of nitrogens with one attached hydrogen (secondary N) is 1. The molecule has 6 nitrogen and oxygen atoms in total. The van der Waals surface area contributed by atoms with Gasteiger partial charge in [0.2, 0.25) is 5.91 Å². The van der Waals surface area contributed by atoms with Gasteiger partial charge in [-0.2, -0.15) is 0 Å². The molecule has 0 aliphatic heterocycles. The maximum Gasteiger partial charge on any atom is 0.251 e. The van der Waals surface area contributed by atoms with Crippen molar-refractivity contribution in [1.82, 2.24) is 10.3 Å². The minimum absolute atomic E-state index is 0.0164. The van der Waals surface area contributed by atoms with Crippen LogP contribution in [0.4, 0.5) is 5.69 Å². The standard InChI is InChI=1S/C24H25N3O3/c1-4-23(28)27(2)21-12-11-20(14-22(21)30-3)18-7-9-19(10-8-18)24(29)26-16-17-6-5-13-25-15-17/h5-15H,4,16H2,1-3H3,(H,26,29). The van der Waals surface area contributed by atoms with Crippen LogP contribution in [-0.4, -0.2) is 31.0 Å². The number of amides is 2. The quantitative estimate of drug-likeness (QED) is 0.646. The second kappa shape index (κ2) is 9.69. The van der Waals surface area contributed by atoms with E-state index < -0.39 is 0 Å². The summed E-state index contributed by atoms with van der Waals surface area (Å²) in [5.74, 6) is 0.496. The third kappa shape index (κ3) is 4.84. The van der Waals surface area contributed by atoms with Crippen molar-refractivity contribution in [3.63, 3.8) is 0 Å². The van der Waals surface area contributed by atoms with E-state index in [1.54, 1.807) is 43.6 Å². The lowest BCUT2D eigenvalue weighted by atomic mass is 10.0. The van der Waals surface area contributed by atoms with Gasteiger partial charge >= 0.3 is 0 Å². The van der Waals surface area contributed by atoms with Crippen molar-refractivity contribution in [2.24, 2.45) is 0 Å². The number of anilines is 1. The van der Waals surface area contributed by atoms with Crippen LogP contribution in [0.5, 0.6) is 5.75 Å². The monoisotopic (exact) mass is 403 g/mol. The fourth-order valence-electron chi connectivity index (χ4n) is 3.11. The van der Waals surface area contributed by atoms with E-state index in [0.717, 1.165) is 22.4 Å². The number of benzene rings is 2. The van der Waals surface area contributed by atoms with Crippen molar-refractivity contribution in [1.29, 1.82) is 0 Å². The summed E-state index contributed by atoms with van der Waals surface area (Å²) >= 11 is 0. The first kappa shape index (κ1) is 21.0. The van der Waals surface area contributed by atoms with E-state index in [0.29, 0.717) is 24.3 Å². The molecule has 30 heavy (non-hydrogen) atoms. The summed E-state index contributed by atoms with van der Waals surface area (Å²) < 4.78 is 5.50. The Morgan fingerprint density at radius 3 is 2.43 bits per heavy atom. The Morgan fingerprint density at radius 2 is 1.80 bits per heavy atom. The molecule has 0 saturated heterocycles. The highest BCUT2D eigenvalue weighted by molar-refractivity contribution is 5.95. The molecule has 0 bridgehead atoms. The molecule has 0 spiro atoms. The normalized spacial score (nSPS) is 10.4. The molecule has 2 aromatic carbocycles. The van der Waals surface area contributed by atoms with Gasteiger partial charge in [-0.15, -0.1) is 0 Å². The average molecular weight is 403 g/mol. The van der Waals surface area contributed by atoms with Gasteiger partial charge in [0.15, 0.2) is 0 Å². The zero-order valence-corrected chi connectivity index (χ0v) is 17.4. The van der Waals surface area contributed by atoms with Gasteiger partial charge in [-0.3, -0.25) is 14.6 Å². The number of nitrogens with zero attached hydrogens (tertiary/aromatic N) is 2. The number of ether oxygens (including phenoxy) is 1. The Balaban J connectivity index is 1.74. The lowest BCUT2D eigenvalue weighted by Gasteiger charge is -2.20. The first-order valence-corrected chi connectivity index (χ1v) is 9.75. The van der Waals surface area contributed by atoms with Crippen LogP contribution < -0.4 is 15.0 Å². The molecule has 0 aliphatic carbocycles. The first-order valence-electron chi connectivity index (χ1n) is 9.75. The van der Waals surface area contributed by atoms with E-state index in [2.05, 4.69) is 10.3 Å². The van der Waals surface area contributed by atoms with E-state index in [9.17, 15) is 9.59 Å². The number of methoxy groups -OCH3 is 1. The summed E-state index contributed by atoms with van der Waals surface area (Å²) in [5.41, 5.74) is 4.14. The van der Waals surface area contributed by atoms with Crippen LogP contribution in [0.2, 0.25) is 0 Å². The zero-order valence-electron chi connectivity index (χ0n) is 17.4. The van der Waals surface area contributed by atoms with Crippen LogP contribution in [0.15, 0.2) is 67.0 Å². The summed E-state index contributed by atoms with van der Waals surface area (Å²) in [6.07, 6.45) is 3.85. The van der Waals surface area contributed by atoms with Gasteiger partial charge in [-0.25, -0.2) is 0 Å². The van der Waals surface area contributed by atoms with Crippen molar-refractivity contribution in [3.05, 3.63) is 78.1 Å². The molecule has 0 fully saturated rings. The fourth-order valence-corrected chi connectivity index (χ4v) is 3.11. The number of aromatic nitrogens is 1. The van der Waals surface area contributed by atoms with E-state index >= 15 is 0 Å². The Hall–Kier alpha value is -3.67. The minimum Gasteiger partial charge on any atom is -0.495 e. The summed E-state index contributed by atoms with van der Waals surface area (Å²) in [5, 5.41) is 2.89. The molecule has 6 heteroatoms. The number of carbonyl (C=O) groups is 2. The number of rotatable bonds is 7. The molecule has 2 amide bonds. The Morgan fingerprint density at radius 1 is 1.07 bits per heavy atom. The van der Waals surface area contributed by atoms with Gasteiger partial charge in [0, 0.05) is 38.0 Å². The zero-order chi connectivity index (χ0) is 21.5. The second-order valence-electron chi connectivity index (χ2n) is 6.81. The molecular weight excluding hydrogens is 378 g/mol. The molecule has 1 heterocycles. The molecule has 0 radical (unpaired) electrons. The van der Waals surface area contributed by atoms with Gasteiger partial charge < -0.3 is 15.0 Å². The van der Waals surface area contributed by atoms with Gasteiger partial charge in [-0.05, 0) is 47.0 Å². The van der Waals surface area contributed by atoms with Crippen LogP contribution >= 0.6 is 0 Å². The molecule has 0 saturated carbocycles. The highest BCUT2D eigenvalue weighted by Gasteiger charge is 2.15. The predicted molar refractivity (Wildman–Crippen MR) is 118 cm³/mol. The third-order valence-corrected chi connectivity index (χ3v) is 4.87. The average Bonchev–Trinajstić information content (AvgIpc) is 2.81. The SMILES string of the molecule is CCC(=O)N(C)c1ccc(-c2ccc(C(=O)NCc3cccnc3)cc2)cc1OC. The third-order valence-electron chi connectivity index (χ3n) is 4.87. The number of hydrogen-bond donors (Lipinski definition) is 1. The topological polar surface area (TPSA) is 71.5 Å². The Kier molecular flexibility index (Phi) is 6.80. The molecule has 0 unspecified atom stereocenters. The van der Waals surface area contributed by atoms with E-state index in [4.69, 9.17) is 4.74 Å². The smallest absolute Gasteiger partial charge is 0.251 e. The lowest BCUT2D eigenvalue weighted by molar-refractivity contribution is -0.118. The van der Waals surface area contributed by atoms with Crippen LogP contribution in [0.3, 0.4) is 0 Å². The van der Waals surface area contributed by atoms with E-state index in [1.165, 1.54) is 0 Å². The summed E-state index contributed by atoms with van der Waals surface area (Å²) in [6, 6.07) is 16.8. The highest BCUT2D eigenvalue weighted by atomic mass is 16.5. The highest BCUT2D eigenvalue weighted by Crippen LogP contribution is 2.33. The van der Waals surface area contributed by atoms with Gasteiger partial charge in [0.25, 0.3) is 5.91 Å². The summed E-state index contributed by atoms with van der Waals surface area (Å²) in [7, 11) is 3.32. The van der Waals surface area contributed by atoms with Crippen molar-refractivity contribution in [2.45, 2.75) is 19.9 Å². The van der Waals surface area contributed by atoms with Crippen LogP contribution in [0.1, 0.15) is 29.3 Å². The van der Waals surface area contributed by atoms with Crippen LogP contribution in [0.25, 0.3) is 11.1 Å². The molecule has 3 rings (SSSR count). The molecule has 1 aromatic heterocycles. The molecular formula is C24H25N3O3. The minimum atomic E-state index is -0.141. The maximum atomic E-state index is 12.4. The molecule has 1 N–H and O–H groups in total. The van der Waals surface area contributed by atoms with Crippen molar-refractivity contribution < 1.29 is 14.3 Å². The Bertz CT molecular complexity index is 1020. The number of hydrogen-bond acceptors (Lipinski definition) is 4. The maximum absolute atomic E-state index is 12.4. The van der Waals surface area contributed by atoms with Crippen LogP contribution in [-0.2, 0) is 11.3 Å². The molecule has 154 valence electrons. The molecule has 3 aromatic rings. The van der Waals surface area contributed by atoms with E-state index in [-0.39, 0.29) is 11.8 Å². The number of carbonyl (C=O) groups excluding carboxylic acids is 2. The molecule has 0 aliphatic rings. The van der Waals surface area contributed by atoms with Crippen LogP contribution in [0, 0.1) is 0 Å². The Labute approximate surface area is 176 Å². The summed E-state index contributed by atoms with van der Waals surface area (Å²) in [4.78, 5) is 30.0. The predicted octanol–water partition coefficient (Wildman–Crippen LogP) is 4.06. The van der Waals surface area contributed by atoms with Crippen molar-refractivity contribution in [3.8, 4) is 16.9 Å². The fraction of sp³-hybridized carbons (Fsp3) is 0.208. The van der Waals surface area contributed by atoms with Gasteiger partial charge in [-0.1, -0.05) is 31.2 Å².